The molecule has 0 radical (unpaired) electrons. The predicted molar refractivity (Wildman–Crippen MR) is 52.3 cm³/mol. The van der Waals surface area contributed by atoms with E-state index in [0.29, 0.717) is 0 Å². The Hall–Kier alpha value is -1.76. The van der Waals surface area contributed by atoms with Crippen LogP contribution in [0.2, 0.25) is 0 Å². The molecule has 0 aliphatic rings. The highest BCUT2D eigenvalue weighted by Crippen LogP contribution is 1.97. The van der Waals surface area contributed by atoms with Gasteiger partial charge in [0.15, 0.2) is 0 Å². The van der Waals surface area contributed by atoms with Crippen LogP contribution in [-0.2, 0) is 10.4 Å². The van der Waals surface area contributed by atoms with Crippen LogP contribution in [0.4, 0.5) is 17.8 Å². The third kappa shape index (κ3) is 12.2. The van der Waals surface area contributed by atoms with Gasteiger partial charge in [0.05, 0.1) is 0 Å². The Bertz CT molecular complexity index is 346. The van der Waals surface area contributed by atoms with Gasteiger partial charge in [0.2, 0.25) is 17.8 Å². The number of rotatable bonds is 0. The van der Waals surface area contributed by atoms with Crippen LogP contribution in [0.25, 0.3) is 0 Å². The summed E-state index contributed by atoms with van der Waals surface area (Å²) in [4.78, 5) is 10.5. The summed E-state index contributed by atoms with van der Waals surface area (Å²) in [5.74, 6) is 0.125. The fraction of sp³-hybridized carbons (Fsp3) is 0. The summed E-state index contributed by atoms with van der Waals surface area (Å²) >= 11 is 0. The van der Waals surface area contributed by atoms with Crippen LogP contribution in [0.15, 0.2) is 0 Å². The SMILES string of the molecule is N.Nc1nc(N)nc(N)n1.O=S(=O)(O)O. The van der Waals surface area contributed by atoms with Crippen LogP contribution in [-0.4, -0.2) is 32.5 Å². The molecule has 1 aromatic rings. The number of hydrogen-bond acceptors (Lipinski definition) is 9. The highest BCUT2D eigenvalue weighted by atomic mass is 32.3. The molecule has 0 aromatic carbocycles. The van der Waals surface area contributed by atoms with Crippen LogP contribution in [0, 0.1) is 0 Å². The zero-order valence-corrected chi connectivity index (χ0v) is 8.22. The van der Waals surface area contributed by atoms with E-state index in [4.69, 9.17) is 34.7 Å². The number of nitrogens with zero attached hydrogens (tertiary/aromatic N) is 3. The van der Waals surface area contributed by atoms with Gasteiger partial charge in [0, 0.05) is 0 Å². The van der Waals surface area contributed by atoms with Gasteiger partial charge in [-0.1, -0.05) is 0 Å². The topological polar surface area (TPSA) is 226 Å². The Balaban J connectivity index is 0. The maximum absolute atomic E-state index is 8.74. The Kier molecular flexibility index (Phi) is 6.14. The number of nitrogen functional groups attached to an aromatic ring is 3. The van der Waals surface area contributed by atoms with Crippen molar-refractivity contribution >= 4 is 28.2 Å². The lowest BCUT2D eigenvalue weighted by Crippen LogP contribution is -2.05. The molecule has 0 saturated heterocycles. The fourth-order valence-electron chi connectivity index (χ4n) is 0.427. The van der Waals surface area contributed by atoms with Gasteiger partial charge in [0.25, 0.3) is 0 Å². The summed E-state index contributed by atoms with van der Waals surface area (Å²) in [5.41, 5.74) is 15.4. The van der Waals surface area contributed by atoms with Gasteiger partial charge < -0.3 is 23.4 Å². The maximum Gasteiger partial charge on any atom is 0.394 e. The van der Waals surface area contributed by atoms with E-state index in [1.54, 1.807) is 0 Å². The van der Waals surface area contributed by atoms with Crippen molar-refractivity contribution in [2.24, 2.45) is 0 Å². The lowest BCUT2D eigenvalue weighted by molar-refractivity contribution is 0.381. The van der Waals surface area contributed by atoms with E-state index in [0.717, 1.165) is 0 Å². The average Bonchev–Trinajstić information content (AvgIpc) is 1.77. The van der Waals surface area contributed by atoms with Gasteiger partial charge >= 0.3 is 10.4 Å². The first kappa shape index (κ1) is 15.7. The van der Waals surface area contributed by atoms with Gasteiger partial charge in [0.1, 0.15) is 0 Å². The molecule has 0 spiro atoms. The Labute approximate surface area is 84.9 Å². The van der Waals surface area contributed by atoms with Crippen molar-refractivity contribution in [1.82, 2.24) is 21.1 Å². The lowest BCUT2D eigenvalue weighted by atomic mass is 10.9. The Morgan fingerprint density at radius 3 is 1.13 bits per heavy atom. The van der Waals surface area contributed by atoms with Gasteiger partial charge in [-0.3, -0.25) is 9.11 Å². The molecule has 0 unspecified atom stereocenters. The first-order valence-electron chi connectivity index (χ1n) is 2.91. The normalized spacial score (nSPS) is 9.47. The molecule has 0 saturated carbocycles. The van der Waals surface area contributed by atoms with Gasteiger partial charge in [-0.2, -0.15) is 23.4 Å². The summed E-state index contributed by atoms with van der Waals surface area (Å²) in [6.45, 7) is 0. The minimum atomic E-state index is -4.67. The second kappa shape index (κ2) is 5.86. The molecule has 0 aliphatic carbocycles. The molecule has 11 nitrogen and oxygen atoms in total. The van der Waals surface area contributed by atoms with Crippen molar-refractivity contribution in [3.8, 4) is 0 Å². The summed E-state index contributed by atoms with van der Waals surface area (Å²) < 4.78 is 31.6. The second-order valence-electron chi connectivity index (χ2n) is 1.86. The number of anilines is 3. The summed E-state index contributed by atoms with van der Waals surface area (Å²) in [6.07, 6.45) is 0. The summed E-state index contributed by atoms with van der Waals surface area (Å²) in [5, 5.41) is 0. The third-order valence-corrected chi connectivity index (χ3v) is 0.687. The van der Waals surface area contributed by atoms with E-state index in [2.05, 4.69) is 15.0 Å². The number of aromatic nitrogens is 3. The monoisotopic (exact) mass is 241 g/mol. The summed E-state index contributed by atoms with van der Waals surface area (Å²) in [6, 6.07) is 0. The predicted octanol–water partition coefficient (Wildman–Crippen LogP) is -1.87. The number of hydrogen-bond donors (Lipinski definition) is 6. The minimum Gasteiger partial charge on any atom is -0.368 e. The Morgan fingerprint density at radius 1 is 0.867 bits per heavy atom. The molecule has 15 heavy (non-hydrogen) atoms. The van der Waals surface area contributed by atoms with Crippen molar-refractivity contribution < 1.29 is 17.5 Å². The van der Waals surface area contributed by atoms with E-state index in [9.17, 15) is 0 Å². The average molecular weight is 241 g/mol. The largest absolute Gasteiger partial charge is 0.394 e. The summed E-state index contributed by atoms with van der Waals surface area (Å²) in [7, 11) is -4.67. The van der Waals surface area contributed by atoms with Crippen molar-refractivity contribution in [3.63, 3.8) is 0 Å². The van der Waals surface area contributed by atoms with Crippen molar-refractivity contribution in [1.29, 1.82) is 0 Å². The number of nitrogens with two attached hydrogens (primary N) is 3. The zero-order chi connectivity index (χ0) is 11.4. The molecule has 0 bridgehead atoms. The minimum absolute atomic E-state index is 0. The molecule has 12 heteroatoms. The lowest BCUT2D eigenvalue weighted by Gasteiger charge is -1.93. The molecular formula is C3H11N7O4S. The molecule has 0 atom stereocenters. The molecule has 88 valence electrons. The first-order valence-corrected chi connectivity index (χ1v) is 4.30. The molecule has 1 rings (SSSR count). The van der Waals surface area contributed by atoms with Gasteiger partial charge in [-0.25, -0.2) is 0 Å². The van der Waals surface area contributed by atoms with Crippen molar-refractivity contribution in [3.05, 3.63) is 0 Å². The standard InChI is InChI=1S/C3H6N6.H3N.H2O4S/c4-1-7-2(5)9-3(6)8-1;;1-5(2,3)4/h(H6,4,5,6,7,8,9);1H3;(H2,1,2,3,4). The van der Waals surface area contributed by atoms with E-state index in [1.165, 1.54) is 0 Å². The maximum atomic E-state index is 8.74. The fourth-order valence-corrected chi connectivity index (χ4v) is 0.427. The zero-order valence-electron chi connectivity index (χ0n) is 7.40. The molecule has 1 aromatic heterocycles. The van der Waals surface area contributed by atoms with Gasteiger partial charge in [-0.15, -0.1) is 0 Å². The molecule has 1 heterocycles. The van der Waals surface area contributed by atoms with Crippen molar-refractivity contribution in [2.45, 2.75) is 0 Å². The van der Waals surface area contributed by atoms with E-state index in [-0.39, 0.29) is 24.0 Å². The molecule has 0 fully saturated rings. The third-order valence-electron chi connectivity index (χ3n) is 0.687. The molecule has 0 amide bonds. The van der Waals surface area contributed by atoms with E-state index in [1.807, 2.05) is 0 Å². The van der Waals surface area contributed by atoms with Crippen LogP contribution < -0.4 is 23.4 Å². The quantitative estimate of drug-likeness (QED) is 0.275. The molecule has 0 aliphatic heterocycles. The van der Waals surface area contributed by atoms with Crippen molar-refractivity contribution in [2.75, 3.05) is 17.2 Å². The highest BCUT2D eigenvalue weighted by Gasteiger charge is 1.93. The van der Waals surface area contributed by atoms with Gasteiger partial charge in [-0.05, 0) is 0 Å². The van der Waals surface area contributed by atoms with E-state index >= 15 is 0 Å². The Morgan fingerprint density at radius 2 is 1.00 bits per heavy atom. The molecular weight excluding hydrogens is 230 g/mol. The smallest absolute Gasteiger partial charge is 0.368 e. The van der Waals surface area contributed by atoms with E-state index < -0.39 is 10.4 Å². The molecule has 11 N–H and O–H groups in total. The van der Waals surface area contributed by atoms with Crippen LogP contribution in [0.3, 0.4) is 0 Å². The second-order valence-corrected chi connectivity index (χ2v) is 2.75. The van der Waals surface area contributed by atoms with Crippen LogP contribution >= 0.6 is 0 Å². The highest BCUT2D eigenvalue weighted by molar-refractivity contribution is 7.79. The van der Waals surface area contributed by atoms with Crippen LogP contribution in [0.5, 0.6) is 0 Å². The first-order chi connectivity index (χ1) is 6.18. The van der Waals surface area contributed by atoms with Crippen LogP contribution in [0.1, 0.15) is 0 Å².